The smallest absolute Gasteiger partial charge is 0.122 e. The van der Waals surface area contributed by atoms with Crippen LogP contribution in [0.25, 0.3) is 0 Å². The van der Waals surface area contributed by atoms with Crippen LogP contribution in [0.2, 0.25) is 0 Å². The molecule has 0 aliphatic carbocycles. The van der Waals surface area contributed by atoms with Gasteiger partial charge >= 0.3 is 0 Å². The molecule has 1 aliphatic rings. The molecule has 1 fully saturated rings. The first-order valence-electron chi connectivity index (χ1n) is 6.62. The van der Waals surface area contributed by atoms with Gasteiger partial charge in [-0.3, -0.25) is 4.90 Å². The molecule has 0 radical (unpaired) electrons. The Morgan fingerprint density at radius 2 is 2.18 bits per heavy atom. The monoisotopic (exact) mass is 236 g/mol. The Labute approximate surface area is 104 Å². The maximum absolute atomic E-state index is 5.92. The number of nitrogens with zero attached hydrogens (tertiary/aromatic N) is 1. The summed E-state index contributed by atoms with van der Waals surface area (Å²) in [6.07, 6.45) is 1.26. The number of furan rings is 1. The molecule has 2 rings (SSSR count). The van der Waals surface area contributed by atoms with Gasteiger partial charge in [0.15, 0.2) is 0 Å². The normalized spacial score (nSPS) is 28.2. The summed E-state index contributed by atoms with van der Waals surface area (Å²) < 4.78 is 5.73. The summed E-state index contributed by atoms with van der Waals surface area (Å²) in [6.45, 7) is 9.55. The second kappa shape index (κ2) is 5.23. The number of piperidine rings is 1. The predicted molar refractivity (Wildman–Crippen MR) is 69.8 cm³/mol. The van der Waals surface area contributed by atoms with E-state index in [1.807, 2.05) is 13.0 Å². The Hall–Kier alpha value is -0.800. The molecule has 17 heavy (non-hydrogen) atoms. The molecule has 1 saturated heterocycles. The van der Waals surface area contributed by atoms with E-state index in [4.69, 9.17) is 10.2 Å². The maximum Gasteiger partial charge on any atom is 0.122 e. The minimum atomic E-state index is 0.249. The molecule has 0 saturated carbocycles. The van der Waals surface area contributed by atoms with Crippen LogP contribution in [-0.2, 0) is 0 Å². The zero-order chi connectivity index (χ0) is 12.4. The fourth-order valence-corrected chi connectivity index (χ4v) is 2.66. The Morgan fingerprint density at radius 1 is 1.41 bits per heavy atom. The topological polar surface area (TPSA) is 42.4 Å². The molecule has 2 heterocycles. The van der Waals surface area contributed by atoms with Gasteiger partial charge in [0.25, 0.3) is 0 Å². The van der Waals surface area contributed by atoms with Gasteiger partial charge in [0.05, 0.1) is 6.04 Å². The Kier molecular flexibility index (Phi) is 3.89. The highest BCUT2D eigenvalue weighted by Gasteiger charge is 2.29. The zero-order valence-corrected chi connectivity index (χ0v) is 11.1. The fourth-order valence-electron chi connectivity index (χ4n) is 2.66. The Morgan fingerprint density at radius 3 is 2.71 bits per heavy atom. The van der Waals surface area contributed by atoms with Crippen molar-refractivity contribution in [1.29, 1.82) is 0 Å². The van der Waals surface area contributed by atoms with Gasteiger partial charge in [-0.2, -0.15) is 0 Å². The van der Waals surface area contributed by atoms with Crippen molar-refractivity contribution in [3.8, 4) is 0 Å². The molecule has 2 N–H and O–H groups in total. The van der Waals surface area contributed by atoms with Crippen LogP contribution in [-0.4, -0.2) is 24.5 Å². The lowest BCUT2D eigenvalue weighted by Crippen LogP contribution is -2.42. The maximum atomic E-state index is 5.92. The molecule has 0 aromatic carbocycles. The molecule has 3 atom stereocenters. The van der Waals surface area contributed by atoms with Crippen molar-refractivity contribution < 1.29 is 4.42 Å². The summed E-state index contributed by atoms with van der Waals surface area (Å²) in [5, 5.41) is 0. The molecular weight excluding hydrogens is 212 g/mol. The molecule has 3 heteroatoms. The highest BCUT2D eigenvalue weighted by atomic mass is 16.3. The zero-order valence-electron chi connectivity index (χ0n) is 11.1. The van der Waals surface area contributed by atoms with Crippen molar-refractivity contribution in [2.75, 3.05) is 19.6 Å². The molecule has 3 unspecified atom stereocenters. The Bertz CT molecular complexity index is 361. The van der Waals surface area contributed by atoms with E-state index in [1.54, 1.807) is 0 Å². The lowest BCUT2D eigenvalue weighted by atomic mass is 9.88. The molecule has 3 nitrogen and oxygen atoms in total. The third-order valence-corrected chi connectivity index (χ3v) is 4.12. The van der Waals surface area contributed by atoms with Crippen LogP contribution < -0.4 is 5.73 Å². The summed E-state index contributed by atoms with van der Waals surface area (Å²) in [5.41, 5.74) is 5.92. The van der Waals surface area contributed by atoms with Gasteiger partial charge in [-0.1, -0.05) is 13.8 Å². The summed E-state index contributed by atoms with van der Waals surface area (Å²) in [5.74, 6) is 3.56. The van der Waals surface area contributed by atoms with Gasteiger partial charge < -0.3 is 10.2 Å². The highest BCUT2D eigenvalue weighted by Crippen LogP contribution is 2.29. The average Bonchev–Trinajstić information content (AvgIpc) is 2.71. The number of rotatable bonds is 3. The van der Waals surface area contributed by atoms with Gasteiger partial charge in [0, 0.05) is 13.1 Å². The molecule has 1 aliphatic heterocycles. The highest BCUT2D eigenvalue weighted by molar-refractivity contribution is 5.10. The first-order chi connectivity index (χ1) is 8.11. The van der Waals surface area contributed by atoms with Crippen molar-refractivity contribution in [1.82, 2.24) is 4.90 Å². The van der Waals surface area contributed by atoms with Crippen LogP contribution >= 0.6 is 0 Å². The predicted octanol–water partition coefficient (Wildman–Crippen LogP) is 2.57. The van der Waals surface area contributed by atoms with Gasteiger partial charge in [-0.05, 0) is 43.9 Å². The number of hydrogen-bond donors (Lipinski definition) is 1. The number of aryl methyl sites for hydroxylation is 1. The van der Waals surface area contributed by atoms with Crippen molar-refractivity contribution in [3.63, 3.8) is 0 Å². The molecule has 0 amide bonds. The van der Waals surface area contributed by atoms with Crippen LogP contribution in [0.1, 0.15) is 37.8 Å². The molecule has 0 spiro atoms. The van der Waals surface area contributed by atoms with E-state index in [1.165, 1.54) is 6.42 Å². The molecule has 1 aromatic rings. The minimum absolute atomic E-state index is 0.249. The van der Waals surface area contributed by atoms with Crippen molar-refractivity contribution in [3.05, 3.63) is 23.7 Å². The van der Waals surface area contributed by atoms with Crippen LogP contribution in [0.15, 0.2) is 16.5 Å². The summed E-state index contributed by atoms with van der Waals surface area (Å²) >= 11 is 0. The van der Waals surface area contributed by atoms with Crippen molar-refractivity contribution >= 4 is 0 Å². The van der Waals surface area contributed by atoms with Crippen LogP contribution in [0, 0.1) is 18.8 Å². The van der Waals surface area contributed by atoms with Gasteiger partial charge in [0.2, 0.25) is 0 Å². The minimum Gasteiger partial charge on any atom is -0.465 e. The average molecular weight is 236 g/mol. The third-order valence-electron chi connectivity index (χ3n) is 4.12. The first kappa shape index (κ1) is 12.7. The van der Waals surface area contributed by atoms with Crippen molar-refractivity contribution in [2.45, 2.75) is 33.2 Å². The molecule has 96 valence electrons. The van der Waals surface area contributed by atoms with E-state index in [-0.39, 0.29) is 6.04 Å². The van der Waals surface area contributed by atoms with Gasteiger partial charge in [-0.25, -0.2) is 0 Å². The van der Waals surface area contributed by atoms with E-state index in [2.05, 4.69) is 24.8 Å². The van der Waals surface area contributed by atoms with E-state index >= 15 is 0 Å². The molecular formula is C14H24N2O. The molecule has 1 aromatic heterocycles. The second-order valence-corrected chi connectivity index (χ2v) is 5.44. The van der Waals surface area contributed by atoms with E-state index in [0.717, 1.165) is 36.4 Å². The first-order valence-corrected chi connectivity index (χ1v) is 6.62. The number of hydrogen-bond acceptors (Lipinski definition) is 3. The summed E-state index contributed by atoms with van der Waals surface area (Å²) in [6, 6.07) is 4.34. The summed E-state index contributed by atoms with van der Waals surface area (Å²) in [7, 11) is 0. The summed E-state index contributed by atoms with van der Waals surface area (Å²) in [4.78, 5) is 2.48. The second-order valence-electron chi connectivity index (χ2n) is 5.44. The third kappa shape index (κ3) is 2.72. The molecule has 0 bridgehead atoms. The van der Waals surface area contributed by atoms with E-state index in [9.17, 15) is 0 Å². The standard InChI is InChI=1S/C14H24N2O/c1-10-6-7-16(9-11(10)2)13(8-15)14-5-4-12(3)17-14/h4-5,10-11,13H,6-9,15H2,1-3H3. The quantitative estimate of drug-likeness (QED) is 0.877. The van der Waals surface area contributed by atoms with Crippen molar-refractivity contribution in [2.24, 2.45) is 17.6 Å². The van der Waals surface area contributed by atoms with Crippen LogP contribution in [0.3, 0.4) is 0 Å². The lowest BCUT2D eigenvalue weighted by molar-refractivity contribution is 0.0878. The van der Waals surface area contributed by atoms with E-state index < -0.39 is 0 Å². The van der Waals surface area contributed by atoms with Crippen LogP contribution in [0.5, 0.6) is 0 Å². The number of nitrogens with two attached hydrogens (primary N) is 1. The SMILES string of the molecule is Cc1ccc(C(CN)N2CCC(C)C(C)C2)o1. The number of likely N-dealkylation sites (tertiary alicyclic amines) is 1. The Balaban J connectivity index is 2.08. The fraction of sp³-hybridized carbons (Fsp3) is 0.714. The van der Waals surface area contributed by atoms with Crippen LogP contribution in [0.4, 0.5) is 0 Å². The lowest BCUT2D eigenvalue weighted by Gasteiger charge is -2.39. The van der Waals surface area contributed by atoms with E-state index in [0.29, 0.717) is 6.54 Å². The largest absolute Gasteiger partial charge is 0.465 e. The van der Waals surface area contributed by atoms with Gasteiger partial charge in [-0.15, -0.1) is 0 Å². The van der Waals surface area contributed by atoms with Gasteiger partial charge in [0.1, 0.15) is 11.5 Å².